The number of halogens is 2. The third-order valence-corrected chi connectivity index (χ3v) is 3.43. The summed E-state index contributed by atoms with van der Waals surface area (Å²) in [5, 5.41) is -0.143. The van der Waals surface area contributed by atoms with Crippen LogP contribution in [0.3, 0.4) is 0 Å². The Kier molecular flexibility index (Phi) is 3.12. The van der Waals surface area contributed by atoms with Crippen molar-refractivity contribution in [2.45, 2.75) is 0 Å². The summed E-state index contributed by atoms with van der Waals surface area (Å²) in [7, 11) is 0. The highest BCUT2D eigenvalue weighted by Crippen LogP contribution is 2.19. The minimum atomic E-state index is -0.689. The third kappa shape index (κ3) is 1.94. The van der Waals surface area contributed by atoms with E-state index in [1.807, 2.05) is 0 Å². The van der Waals surface area contributed by atoms with Crippen molar-refractivity contribution in [3.05, 3.63) is 69.9 Å². The van der Waals surface area contributed by atoms with Gasteiger partial charge in [0.25, 0.3) is 5.24 Å². The molecule has 0 bridgehead atoms. The first-order chi connectivity index (χ1) is 9.59. The Morgan fingerprint density at radius 1 is 1.05 bits per heavy atom. The Morgan fingerprint density at radius 2 is 1.75 bits per heavy atom. The lowest BCUT2D eigenvalue weighted by Crippen LogP contribution is -2.20. The van der Waals surface area contributed by atoms with E-state index in [1.165, 1.54) is 8.97 Å². The van der Waals surface area contributed by atoms with Gasteiger partial charge in [0.1, 0.15) is 5.69 Å². The Balaban J connectivity index is 2.43. The highest BCUT2D eigenvalue weighted by atomic mass is 35.5. The van der Waals surface area contributed by atoms with E-state index in [2.05, 4.69) is 0 Å². The number of benzene rings is 1. The molecule has 20 heavy (non-hydrogen) atoms. The zero-order valence-electron chi connectivity index (χ0n) is 10.1. The van der Waals surface area contributed by atoms with E-state index < -0.39 is 5.24 Å². The second kappa shape index (κ2) is 4.81. The molecular weight excluding hydrogens is 299 g/mol. The molecule has 0 radical (unpaired) electrons. The van der Waals surface area contributed by atoms with Gasteiger partial charge < -0.3 is 0 Å². The number of carbonyl (C=O) groups is 1. The van der Waals surface area contributed by atoms with Crippen molar-refractivity contribution in [2.75, 3.05) is 0 Å². The molecular formula is C14H8Cl2N2O2. The molecule has 0 saturated carbocycles. The number of nitrogens with zero attached hydrogens (tertiary/aromatic N) is 2. The van der Waals surface area contributed by atoms with Crippen LogP contribution in [0.4, 0.5) is 0 Å². The van der Waals surface area contributed by atoms with Crippen molar-refractivity contribution in [1.82, 2.24) is 8.97 Å². The van der Waals surface area contributed by atoms with Crippen LogP contribution in [0.2, 0.25) is 5.02 Å². The van der Waals surface area contributed by atoms with Crippen molar-refractivity contribution in [3.8, 4) is 5.69 Å². The van der Waals surface area contributed by atoms with E-state index in [4.69, 9.17) is 23.2 Å². The quantitative estimate of drug-likeness (QED) is 0.683. The molecule has 2 aromatic heterocycles. The standard InChI is InChI=1S/C14H8Cl2N2O2/c15-9-4-6-10(7-5-9)18-12(13(16)19)11-3-1-2-8-17(11)14(18)20/h1-8H. The van der Waals surface area contributed by atoms with Crippen LogP contribution in [-0.4, -0.2) is 14.2 Å². The van der Waals surface area contributed by atoms with Gasteiger partial charge in [-0.1, -0.05) is 17.7 Å². The van der Waals surface area contributed by atoms with Gasteiger partial charge >= 0.3 is 5.69 Å². The van der Waals surface area contributed by atoms with Crippen LogP contribution in [0.15, 0.2) is 53.5 Å². The number of carbonyl (C=O) groups excluding carboxylic acids is 1. The normalized spacial score (nSPS) is 10.9. The smallest absolute Gasteiger partial charge is 0.274 e. The summed E-state index contributed by atoms with van der Waals surface area (Å²) in [6.07, 6.45) is 1.59. The zero-order chi connectivity index (χ0) is 14.3. The van der Waals surface area contributed by atoms with Gasteiger partial charge in [0.15, 0.2) is 0 Å². The van der Waals surface area contributed by atoms with Crippen LogP contribution in [0.25, 0.3) is 11.2 Å². The molecule has 6 heteroatoms. The van der Waals surface area contributed by atoms with Crippen LogP contribution in [0, 0.1) is 0 Å². The van der Waals surface area contributed by atoms with Crippen molar-refractivity contribution in [1.29, 1.82) is 0 Å². The summed E-state index contributed by atoms with van der Waals surface area (Å²) in [5.41, 5.74) is 0.783. The number of pyridine rings is 1. The molecule has 0 aliphatic heterocycles. The third-order valence-electron chi connectivity index (χ3n) is 2.99. The minimum Gasteiger partial charge on any atom is -0.274 e. The van der Waals surface area contributed by atoms with Crippen molar-refractivity contribution in [3.63, 3.8) is 0 Å². The fraction of sp³-hybridized carbons (Fsp3) is 0. The van der Waals surface area contributed by atoms with Crippen LogP contribution >= 0.6 is 23.2 Å². The first-order valence-electron chi connectivity index (χ1n) is 5.77. The van der Waals surface area contributed by atoms with Gasteiger partial charge in [0, 0.05) is 11.2 Å². The molecule has 0 unspecified atom stereocenters. The maximum atomic E-state index is 12.4. The van der Waals surface area contributed by atoms with Crippen LogP contribution in [0.1, 0.15) is 10.5 Å². The number of fused-ring (bicyclic) bond motifs is 1. The monoisotopic (exact) mass is 306 g/mol. The van der Waals surface area contributed by atoms with Crippen molar-refractivity contribution < 1.29 is 4.79 Å². The first kappa shape index (κ1) is 13.0. The molecule has 3 aromatic rings. The maximum Gasteiger partial charge on any atom is 0.338 e. The predicted octanol–water partition coefficient (Wildman–Crippen LogP) is 3.12. The first-order valence-corrected chi connectivity index (χ1v) is 6.53. The Hall–Kier alpha value is -2.04. The number of rotatable bonds is 2. The second-order valence-electron chi connectivity index (χ2n) is 4.17. The van der Waals surface area contributed by atoms with E-state index in [0.717, 1.165) is 0 Å². The molecule has 0 saturated heterocycles. The van der Waals surface area contributed by atoms with Crippen molar-refractivity contribution >= 4 is 34.0 Å². The van der Waals surface area contributed by atoms with E-state index >= 15 is 0 Å². The Bertz CT molecular complexity index is 863. The van der Waals surface area contributed by atoms with E-state index in [0.29, 0.717) is 16.2 Å². The van der Waals surface area contributed by atoms with E-state index in [1.54, 1.807) is 48.7 Å². The van der Waals surface area contributed by atoms with Crippen LogP contribution in [0.5, 0.6) is 0 Å². The average molecular weight is 307 g/mol. The number of imidazole rings is 1. The molecule has 0 aliphatic carbocycles. The molecule has 0 N–H and O–H groups in total. The summed E-state index contributed by atoms with van der Waals surface area (Å²) < 4.78 is 2.66. The zero-order valence-corrected chi connectivity index (χ0v) is 11.6. The van der Waals surface area contributed by atoms with E-state index in [9.17, 15) is 9.59 Å². The molecule has 0 spiro atoms. The molecule has 0 amide bonds. The summed E-state index contributed by atoms with van der Waals surface area (Å²) in [4.78, 5) is 24.1. The SMILES string of the molecule is O=C(Cl)c1c2ccccn2c(=O)n1-c1ccc(Cl)cc1. The lowest BCUT2D eigenvalue weighted by molar-refractivity contribution is 0.107. The number of hydrogen-bond acceptors (Lipinski definition) is 2. The van der Waals surface area contributed by atoms with Gasteiger partial charge in [0.2, 0.25) is 0 Å². The molecule has 4 nitrogen and oxygen atoms in total. The topological polar surface area (TPSA) is 43.5 Å². The van der Waals surface area contributed by atoms with Gasteiger partial charge in [-0.3, -0.25) is 13.8 Å². The van der Waals surface area contributed by atoms with Gasteiger partial charge in [-0.15, -0.1) is 0 Å². The largest absolute Gasteiger partial charge is 0.338 e. The molecule has 100 valence electrons. The highest BCUT2D eigenvalue weighted by Gasteiger charge is 2.19. The number of aromatic nitrogens is 2. The minimum absolute atomic E-state index is 0.139. The molecule has 0 aliphatic rings. The average Bonchev–Trinajstić information content (AvgIpc) is 2.74. The molecule has 2 heterocycles. The summed E-state index contributed by atoms with van der Waals surface area (Å²) >= 11 is 11.5. The maximum absolute atomic E-state index is 12.4. The Morgan fingerprint density at radius 3 is 2.40 bits per heavy atom. The lowest BCUT2D eigenvalue weighted by atomic mass is 10.3. The fourth-order valence-corrected chi connectivity index (χ4v) is 2.45. The lowest BCUT2D eigenvalue weighted by Gasteiger charge is -2.04. The van der Waals surface area contributed by atoms with E-state index in [-0.39, 0.29) is 11.4 Å². The van der Waals surface area contributed by atoms with Crippen LogP contribution < -0.4 is 5.69 Å². The summed E-state index contributed by atoms with van der Waals surface area (Å²) in [6, 6.07) is 11.7. The predicted molar refractivity (Wildman–Crippen MR) is 78.2 cm³/mol. The van der Waals surface area contributed by atoms with Crippen LogP contribution in [-0.2, 0) is 0 Å². The number of hydrogen-bond donors (Lipinski definition) is 0. The van der Waals surface area contributed by atoms with Gasteiger partial charge in [0.05, 0.1) is 11.2 Å². The van der Waals surface area contributed by atoms with Gasteiger partial charge in [-0.2, -0.15) is 0 Å². The fourth-order valence-electron chi connectivity index (χ4n) is 2.14. The van der Waals surface area contributed by atoms with Gasteiger partial charge in [-0.05, 0) is 48.0 Å². The summed E-state index contributed by atoms with van der Waals surface area (Å²) in [5.74, 6) is 0. The second-order valence-corrected chi connectivity index (χ2v) is 4.95. The molecule has 0 atom stereocenters. The van der Waals surface area contributed by atoms with Crippen molar-refractivity contribution in [2.24, 2.45) is 0 Å². The molecule has 3 rings (SSSR count). The van der Waals surface area contributed by atoms with Gasteiger partial charge in [-0.25, -0.2) is 4.79 Å². The highest BCUT2D eigenvalue weighted by molar-refractivity contribution is 6.68. The molecule has 0 fully saturated rings. The summed E-state index contributed by atoms with van der Waals surface area (Å²) in [6.45, 7) is 0. The molecule has 1 aromatic carbocycles. The Labute approximate surface area is 123 Å².